The summed E-state index contributed by atoms with van der Waals surface area (Å²) in [5, 5.41) is 3.32. The molecule has 2 rings (SSSR count). The molecule has 0 aliphatic carbocycles. The molecule has 1 N–H and O–H groups in total. The van der Waals surface area contributed by atoms with Crippen molar-refractivity contribution in [1.82, 2.24) is 0 Å². The summed E-state index contributed by atoms with van der Waals surface area (Å²) >= 11 is 0. The Bertz CT molecular complexity index is 591. The molecule has 3 nitrogen and oxygen atoms in total. The molecule has 0 saturated heterocycles. The normalized spacial score (nSPS) is 10.1. The van der Waals surface area contributed by atoms with Crippen molar-refractivity contribution in [2.75, 3.05) is 24.3 Å². The molecular formula is C16H18N2O. The maximum absolute atomic E-state index is 11.4. The minimum Gasteiger partial charge on any atom is -0.378 e. The van der Waals surface area contributed by atoms with Gasteiger partial charge >= 0.3 is 0 Å². The Labute approximate surface area is 113 Å². The Morgan fingerprint density at radius 1 is 1.00 bits per heavy atom. The second-order valence-corrected chi connectivity index (χ2v) is 4.71. The molecule has 0 aliphatic heterocycles. The molecule has 0 spiro atoms. The molecule has 0 unspecified atom stereocenters. The van der Waals surface area contributed by atoms with Gasteiger partial charge in [0, 0.05) is 36.7 Å². The van der Waals surface area contributed by atoms with Gasteiger partial charge in [-0.2, -0.15) is 0 Å². The van der Waals surface area contributed by atoms with Crippen LogP contribution in [0.25, 0.3) is 0 Å². The van der Waals surface area contributed by atoms with E-state index in [0.717, 1.165) is 17.1 Å². The SMILES string of the molecule is CC(=O)c1cccc(Nc2cccc(N(C)C)c2)c1. The third-order valence-corrected chi connectivity index (χ3v) is 2.92. The first-order valence-corrected chi connectivity index (χ1v) is 6.21. The molecule has 0 amide bonds. The number of anilines is 3. The Hall–Kier alpha value is -2.29. The number of rotatable bonds is 4. The van der Waals surface area contributed by atoms with Gasteiger partial charge in [0.1, 0.15) is 0 Å². The molecule has 0 fully saturated rings. The van der Waals surface area contributed by atoms with Gasteiger partial charge in [0.15, 0.2) is 5.78 Å². The number of nitrogens with zero attached hydrogens (tertiary/aromatic N) is 1. The second-order valence-electron chi connectivity index (χ2n) is 4.71. The van der Waals surface area contributed by atoms with Gasteiger partial charge in [0.05, 0.1) is 0 Å². The molecule has 0 heterocycles. The van der Waals surface area contributed by atoms with Gasteiger partial charge in [-0.1, -0.05) is 18.2 Å². The first-order chi connectivity index (χ1) is 9.06. The quantitative estimate of drug-likeness (QED) is 0.844. The second kappa shape index (κ2) is 5.57. The number of benzene rings is 2. The summed E-state index contributed by atoms with van der Waals surface area (Å²) in [5.41, 5.74) is 3.77. The van der Waals surface area contributed by atoms with Crippen molar-refractivity contribution in [2.45, 2.75) is 6.92 Å². The summed E-state index contributed by atoms with van der Waals surface area (Å²) in [6.45, 7) is 1.58. The van der Waals surface area contributed by atoms with Crippen LogP contribution in [0.1, 0.15) is 17.3 Å². The summed E-state index contributed by atoms with van der Waals surface area (Å²) in [5.74, 6) is 0.0747. The van der Waals surface area contributed by atoms with Crippen molar-refractivity contribution in [3.63, 3.8) is 0 Å². The van der Waals surface area contributed by atoms with Gasteiger partial charge in [-0.3, -0.25) is 4.79 Å². The van der Waals surface area contributed by atoms with Crippen LogP contribution in [0, 0.1) is 0 Å². The van der Waals surface area contributed by atoms with Crippen molar-refractivity contribution >= 4 is 22.8 Å². The standard InChI is InChI=1S/C16H18N2O/c1-12(19)13-6-4-7-14(10-13)17-15-8-5-9-16(11-15)18(2)3/h4-11,17H,1-3H3. The third kappa shape index (κ3) is 3.35. The average Bonchev–Trinajstić information content (AvgIpc) is 2.39. The first kappa shape index (κ1) is 13.1. The van der Waals surface area contributed by atoms with Crippen LogP contribution in [0.2, 0.25) is 0 Å². The van der Waals surface area contributed by atoms with E-state index >= 15 is 0 Å². The fourth-order valence-electron chi connectivity index (χ4n) is 1.84. The highest BCUT2D eigenvalue weighted by atomic mass is 16.1. The number of ketones is 1. The minimum absolute atomic E-state index is 0.0747. The maximum Gasteiger partial charge on any atom is 0.159 e. The molecule has 19 heavy (non-hydrogen) atoms. The Morgan fingerprint density at radius 3 is 2.26 bits per heavy atom. The molecular weight excluding hydrogens is 236 g/mol. The van der Waals surface area contributed by atoms with Gasteiger partial charge in [0.2, 0.25) is 0 Å². The van der Waals surface area contributed by atoms with Crippen LogP contribution in [0.4, 0.5) is 17.1 Å². The molecule has 0 radical (unpaired) electrons. The minimum atomic E-state index is 0.0747. The van der Waals surface area contributed by atoms with E-state index in [9.17, 15) is 4.79 Å². The van der Waals surface area contributed by atoms with Crippen LogP contribution in [-0.2, 0) is 0 Å². The first-order valence-electron chi connectivity index (χ1n) is 6.21. The van der Waals surface area contributed by atoms with Crippen molar-refractivity contribution < 1.29 is 4.79 Å². The zero-order valence-corrected chi connectivity index (χ0v) is 11.5. The van der Waals surface area contributed by atoms with E-state index < -0.39 is 0 Å². The van der Waals surface area contributed by atoms with Crippen LogP contribution in [-0.4, -0.2) is 19.9 Å². The number of carbonyl (C=O) groups excluding carboxylic acids is 1. The molecule has 3 heteroatoms. The Morgan fingerprint density at radius 2 is 1.63 bits per heavy atom. The van der Waals surface area contributed by atoms with E-state index in [1.54, 1.807) is 6.92 Å². The average molecular weight is 254 g/mol. The van der Waals surface area contributed by atoms with E-state index in [-0.39, 0.29) is 5.78 Å². The number of nitrogens with one attached hydrogen (secondary N) is 1. The maximum atomic E-state index is 11.4. The molecule has 2 aromatic rings. The predicted octanol–water partition coefficient (Wildman–Crippen LogP) is 3.70. The Kier molecular flexibility index (Phi) is 3.85. The summed E-state index contributed by atoms with van der Waals surface area (Å²) in [4.78, 5) is 13.4. The summed E-state index contributed by atoms with van der Waals surface area (Å²) in [7, 11) is 4.02. The smallest absolute Gasteiger partial charge is 0.159 e. The van der Waals surface area contributed by atoms with E-state index in [0.29, 0.717) is 5.56 Å². The van der Waals surface area contributed by atoms with Crippen molar-refractivity contribution in [3.05, 3.63) is 54.1 Å². The topological polar surface area (TPSA) is 32.3 Å². The zero-order chi connectivity index (χ0) is 13.8. The highest BCUT2D eigenvalue weighted by Gasteiger charge is 2.02. The van der Waals surface area contributed by atoms with Crippen molar-refractivity contribution in [1.29, 1.82) is 0 Å². The van der Waals surface area contributed by atoms with E-state index in [2.05, 4.69) is 22.3 Å². The molecule has 0 bridgehead atoms. The summed E-state index contributed by atoms with van der Waals surface area (Å²) in [6.07, 6.45) is 0. The molecule has 0 aromatic heterocycles. The van der Waals surface area contributed by atoms with Crippen LogP contribution < -0.4 is 10.2 Å². The van der Waals surface area contributed by atoms with E-state index in [4.69, 9.17) is 0 Å². The van der Waals surface area contributed by atoms with Gasteiger partial charge in [-0.25, -0.2) is 0 Å². The van der Waals surface area contributed by atoms with Gasteiger partial charge in [0.25, 0.3) is 0 Å². The predicted molar refractivity (Wildman–Crippen MR) is 80.5 cm³/mol. The molecule has 0 aliphatic rings. The summed E-state index contributed by atoms with van der Waals surface area (Å²) in [6, 6.07) is 15.7. The lowest BCUT2D eigenvalue weighted by Gasteiger charge is -2.14. The van der Waals surface area contributed by atoms with Crippen LogP contribution in [0.15, 0.2) is 48.5 Å². The third-order valence-electron chi connectivity index (χ3n) is 2.92. The fourth-order valence-corrected chi connectivity index (χ4v) is 1.84. The number of hydrogen-bond donors (Lipinski definition) is 1. The number of Topliss-reactive ketones (excluding diaryl/α,β-unsaturated/α-hetero) is 1. The fraction of sp³-hybridized carbons (Fsp3) is 0.188. The van der Waals surface area contributed by atoms with Gasteiger partial charge < -0.3 is 10.2 Å². The zero-order valence-electron chi connectivity index (χ0n) is 11.5. The van der Waals surface area contributed by atoms with Crippen LogP contribution in [0.5, 0.6) is 0 Å². The molecule has 98 valence electrons. The van der Waals surface area contributed by atoms with E-state index in [1.165, 1.54) is 0 Å². The lowest BCUT2D eigenvalue weighted by Crippen LogP contribution is -2.08. The Balaban J connectivity index is 2.23. The summed E-state index contributed by atoms with van der Waals surface area (Å²) < 4.78 is 0. The lowest BCUT2D eigenvalue weighted by molar-refractivity contribution is 0.101. The van der Waals surface area contributed by atoms with Crippen LogP contribution >= 0.6 is 0 Å². The van der Waals surface area contributed by atoms with Crippen LogP contribution in [0.3, 0.4) is 0 Å². The molecule has 0 atom stereocenters. The molecule has 2 aromatic carbocycles. The largest absolute Gasteiger partial charge is 0.378 e. The van der Waals surface area contributed by atoms with Crippen molar-refractivity contribution in [2.24, 2.45) is 0 Å². The number of carbonyl (C=O) groups is 1. The van der Waals surface area contributed by atoms with Crippen molar-refractivity contribution in [3.8, 4) is 0 Å². The van der Waals surface area contributed by atoms with E-state index in [1.807, 2.05) is 50.5 Å². The highest BCUT2D eigenvalue weighted by Crippen LogP contribution is 2.22. The van der Waals surface area contributed by atoms with Gasteiger partial charge in [-0.05, 0) is 37.3 Å². The number of hydrogen-bond acceptors (Lipinski definition) is 3. The monoisotopic (exact) mass is 254 g/mol. The lowest BCUT2D eigenvalue weighted by atomic mass is 10.1. The highest BCUT2D eigenvalue weighted by molar-refractivity contribution is 5.95. The molecule has 0 saturated carbocycles. The van der Waals surface area contributed by atoms with Gasteiger partial charge in [-0.15, -0.1) is 0 Å².